The lowest BCUT2D eigenvalue weighted by atomic mass is 10.0. The smallest absolute Gasteiger partial charge is 0.200 e. The summed E-state index contributed by atoms with van der Waals surface area (Å²) in [4.78, 5) is 0. The van der Waals surface area contributed by atoms with Crippen LogP contribution in [0.3, 0.4) is 0 Å². The van der Waals surface area contributed by atoms with Gasteiger partial charge in [0.1, 0.15) is 5.82 Å². The third-order valence-electron chi connectivity index (χ3n) is 2.41. The fraction of sp³-hybridized carbons (Fsp3) is 0. The van der Waals surface area contributed by atoms with Crippen molar-refractivity contribution in [2.24, 2.45) is 0 Å². The summed E-state index contributed by atoms with van der Waals surface area (Å²) in [6.07, 6.45) is 0. The molecule has 2 rings (SSSR count). The van der Waals surface area contributed by atoms with Gasteiger partial charge in [-0.2, -0.15) is 0 Å². The second kappa shape index (κ2) is 5.03. The van der Waals surface area contributed by atoms with Crippen LogP contribution in [0.2, 0.25) is 0 Å². The van der Waals surface area contributed by atoms with Crippen LogP contribution < -0.4 is 0 Å². The Labute approximate surface area is 117 Å². The molecule has 7 heteroatoms. The van der Waals surface area contributed by atoms with E-state index in [1.54, 1.807) is 22.6 Å². The summed E-state index contributed by atoms with van der Waals surface area (Å²) in [6, 6.07) is 2.75. The first-order valence-electron chi connectivity index (χ1n) is 4.81. The van der Waals surface area contributed by atoms with Crippen LogP contribution in [0.15, 0.2) is 18.2 Å². The largest absolute Gasteiger partial charge is 0.207 e. The molecule has 2 aromatic carbocycles. The number of hydrogen-bond acceptors (Lipinski definition) is 0. The Morgan fingerprint density at radius 3 is 1.63 bits per heavy atom. The van der Waals surface area contributed by atoms with E-state index in [0.29, 0.717) is 0 Å². The van der Waals surface area contributed by atoms with Crippen molar-refractivity contribution in [1.29, 1.82) is 0 Å². The zero-order chi connectivity index (χ0) is 14.3. The lowest BCUT2D eigenvalue weighted by Gasteiger charge is -2.10. The molecular weight excluding hydrogens is 385 g/mol. The first-order valence-corrected chi connectivity index (χ1v) is 5.89. The summed E-state index contributed by atoms with van der Waals surface area (Å²) in [7, 11) is 0. The van der Waals surface area contributed by atoms with E-state index in [-0.39, 0.29) is 9.13 Å². The summed E-state index contributed by atoms with van der Waals surface area (Å²) in [5.74, 6) is -10.9. The summed E-state index contributed by atoms with van der Waals surface area (Å²) in [5.41, 5.74) is -1.34. The minimum atomic E-state index is -2.23. The molecule has 0 fully saturated rings. The van der Waals surface area contributed by atoms with Gasteiger partial charge >= 0.3 is 0 Å². The predicted octanol–water partition coefficient (Wildman–Crippen LogP) is 4.79. The van der Waals surface area contributed by atoms with Crippen molar-refractivity contribution in [3.63, 3.8) is 0 Å². The molecule has 100 valence electrons. The molecule has 0 aliphatic rings. The highest BCUT2D eigenvalue weighted by molar-refractivity contribution is 14.1. The van der Waals surface area contributed by atoms with Gasteiger partial charge in [-0.25, -0.2) is 26.3 Å². The number of rotatable bonds is 1. The molecule has 0 amide bonds. The van der Waals surface area contributed by atoms with Crippen LogP contribution >= 0.6 is 22.6 Å². The molecular formula is C12H3F6I. The first kappa shape index (κ1) is 14.2. The quantitative estimate of drug-likeness (QED) is 0.285. The number of halogens is 7. The molecule has 0 saturated heterocycles. The van der Waals surface area contributed by atoms with Gasteiger partial charge in [-0.1, -0.05) is 6.07 Å². The standard InChI is InChI=1S/C12H3F6I/c13-4-1-2-5(6(19)3-4)7-8(14)10(16)12(18)11(17)9(7)15/h1-3H. The van der Waals surface area contributed by atoms with Crippen molar-refractivity contribution in [3.8, 4) is 11.1 Å². The van der Waals surface area contributed by atoms with E-state index in [1.165, 1.54) is 0 Å². The molecule has 2 aromatic rings. The van der Waals surface area contributed by atoms with Crippen molar-refractivity contribution in [3.05, 3.63) is 56.7 Å². The molecule has 0 heterocycles. The van der Waals surface area contributed by atoms with Crippen molar-refractivity contribution >= 4 is 22.6 Å². The van der Waals surface area contributed by atoms with E-state index < -0.39 is 40.5 Å². The van der Waals surface area contributed by atoms with Crippen LogP contribution in [0.4, 0.5) is 26.3 Å². The molecule has 0 N–H and O–H groups in total. The fourth-order valence-corrected chi connectivity index (χ4v) is 2.28. The van der Waals surface area contributed by atoms with Crippen LogP contribution in [-0.2, 0) is 0 Å². The van der Waals surface area contributed by atoms with Gasteiger partial charge in [0.2, 0.25) is 5.82 Å². The van der Waals surface area contributed by atoms with Crippen LogP contribution in [-0.4, -0.2) is 0 Å². The van der Waals surface area contributed by atoms with Gasteiger partial charge in [-0.15, -0.1) is 0 Å². The van der Waals surface area contributed by atoms with E-state index in [1.807, 2.05) is 0 Å². The number of benzene rings is 2. The van der Waals surface area contributed by atoms with Gasteiger partial charge in [0.25, 0.3) is 0 Å². The van der Waals surface area contributed by atoms with Crippen molar-refractivity contribution in [2.45, 2.75) is 0 Å². The van der Waals surface area contributed by atoms with Gasteiger partial charge in [-0.05, 0) is 34.7 Å². The third kappa shape index (κ3) is 2.31. The molecule has 0 atom stereocenters. The summed E-state index contributed by atoms with van der Waals surface area (Å²) in [5, 5.41) is 0. The van der Waals surface area contributed by atoms with Gasteiger partial charge in [0.15, 0.2) is 23.3 Å². The minimum Gasteiger partial charge on any atom is -0.207 e. The molecule has 0 nitrogen and oxygen atoms in total. The SMILES string of the molecule is Fc1ccc(-c2c(F)c(F)c(F)c(F)c2F)c(I)c1. The van der Waals surface area contributed by atoms with E-state index in [2.05, 4.69) is 0 Å². The van der Waals surface area contributed by atoms with Crippen molar-refractivity contribution < 1.29 is 26.3 Å². The zero-order valence-corrected chi connectivity index (χ0v) is 11.0. The maximum absolute atomic E-state index is 13.6. The normalized spacial score (nSPS) is 10.9. The topological polar surface area (TPSA) is 0 Å². The van der Waals surface area contributed by atoms with Crippen molar-refractivity contribution in [2.75, 3.05) is 0 Å². The lowest BCUT2D eigenvalue weighted by Crippen LogP contribution is -2.04. The molecule has 0 aliphatic carbocycles. The molecule has 0 aliphatic heterocycles. The maximum atomic E-state index is 13.6. The Kier molecular flexibility index (Phi) is 3.75. The summed E-state index contributed by atoms with van der Waals surface area (Å²) < 4.78 is 79.0. The first-order chi connectivity index (χ1) is 8.84. The fourth-order valence-electron chi connectivity index (χ4n) is 1.53. The Bertz CT molecular complexity index is 639. The van der Waals surface area contributed by atoms with E-state index in [0.717, 1.165) is 18.2 Å². The van der Waals surface area contributed by atoms with E-state index in [4.69, 9.17) is 0 Å². The molecule has 0 radical (unpaired) electrons. The highest BCUT2D eigenvalue weighted by atomic mass is 127. The average molecular weight is 388 g/mol. The van der Waals surface area contributed by atoms with Crippen LogP contribution in [0, 0.1) is 38.5 Å². The maximum Gasteiger partial charge on any atom is 0.200 e. The number of hydrogen-bond donors (Lipinski definition) is 0. The molecule has 0 saturated carbocycles. The van der Waals surface area contributed by atoms with Crippen LogP contribution in [0.1, 0.15) is 0 Å². The third-order valence-corrected chi connectivity index (χ3v) is 3.30. The average Bonchev–Trinajstić information content (AvgIpc) is 2.37. The van der Waals surface area contributed by atoms with E-state index >= 15 is 0 Å². The van der Waals surface area contributed by atoms with Crippen LogP contribution in [0.5, 0.6) is 0 Å². The monoisotopic (exact) mass is 388 g/mol. The highest BCUT2D eigenvalue weighted by Crippen LogP contribution is 2.34. The lowest BCUT2D eigenvalue weighted by molar-refractivity contribution is 0.381. The summed E-state index contributed by atoms with van der Waals surface area (Å²) in [6.45, 7) is 0. The Hall–Kier alpha value is -1.25. The van der Waals surface area contributed by atoms with Gasteiger partial charge in [-0.3, -0.25) is 0 Å². The molecule has 0 spiro atoms. The van der Waals surface area contributed by atoms with Gasteiger partial charge in [0, 0.05) is 9.13 Å². The second-order valence-corrected chi connectivity index (χ2v) is 4.73. The Morgan fingerprint density at radius 2 is 1.16 bits per heavy atom. The summed E-state index contributed by atoms with van der Waals surface area (Å²) >= 11 is 1.54. The zero-order valence-electron chi connectivity index (χ0n) is 8.88. The minimum absolute atomic E-state index is 0.0285. The highest BCUT2D eigenvalue weighted by Gasteiger charge is 2.27. The van der Waals surface area contributed by atoms with E-state index in [9.17, 15) is 26.3 Å². The molecule has 0 bridgehead atoms. The van der Waals surface area contributed by atoms with Crippen molar-refractivity contribution in [1.82, 2.24) is 0 Å². The Morgan fingerprint density at radius 1 is 0.684 bits per heavy atom. The Balaban J connectivity index is 2.83. The predicted molar refractivity (Wildman–Crippen MR) is 64.3 cm³/mol. The second-order valence-electron chi connectivity index (χ2n) is 3.57. The van der Waals surface area contributed by atoms with Crippen LogP contribution in [0.25, 0.3) is 11.1 Å². The van der Waals surface area contributed by atoms with Gasteiger partial charge in [0.05, 0.1) is 5.56 Å². The molecule has 19 heavy (non-hydrogen) atoms. The molecule has 0 aromatic heterocycles. The molecule has 0 unspecified atom stereocenters. The van der Waals surface area contributed by atoms with Gasteiger partial charge < -0.3 is 0 Å².